The highest BCUT2D eigenvalue weighted by Crippen LogP contribution is 2.10. The van der Waals surface area contributed by atoms with Crippen LogP contribution in [0.2, 0.25) is 0 Å². The summed E-state index contributed by atoms with van der Waals surface area (Å²) in [6, 6.07) is 7.11. The van der Waals surface area contributed by atoms with Crippen LogP contribution >= 0.6 is 0 Å². The van der Waals surface area contributed by atoms with E-state index in [-0.39, 0.29) is 0 Å². The molecule has 0 aliphatic heterocycles. The average Bonchev–Trinajstić information content (AvgIpc) is 2.76. The second kappa shape index (κ2) is 5.30. The quantitative estimate of drug-likeness (QED) is 0.572. The van der Waals surface area contributed by atoms with Crippen LogP contribution in [-0.4, -0.2) is 17.5 Å². The van der Waals surface area contributed by atoms with Crippen LogP contribution < -0.4 is 9.30 Å². The van der Waals surface area contributed by atoms with Gasteiger partial charge in [-0.15, -0.1) is 0 Å². The lowest BCUT2D eigenvalue weighted by Crippen LogP contribution is -2.24. The largest absolute Gasteiger partial charge is 0.489 e. The van der Waals surface area contributed by atoms with Crippen LogP contribution in [0.5, 0.6) is 5.75 Å². The van der Waals surface area contributed by atoms with Crippen molar-refractivity contribution >= 4 is 6.29 Å². The molecule has 0 aliphatic carbocycles. The lowest BCUT2D eigenvalue weighted by Gasteiger charge is -2.04. The summed E-state index contributed by atoms with van der Waals surface area (Å²) in [6.45, 7) is 1.41. The van der Waals surface area contributed by atoms with Gasteiger partial charge in [-0.1, -0.05) is 0 Å². The molecule has 4 nitrogen and oxygen atoms in total. The summed E-state index contributed by atoms with van der Waals surface area (Å²) in [7, 11) is 1.98. The van der Waals surface area contributed by atoms with Crippen molar-refractivity contribution < 1.29 is 14.1 Å². The Hall–Kier alpha value is -2.10. The smallest absolute Gasteiger partial charge is 0.243 e. The minimum Gasteiger partial charge on any atom is -0.489 e. The zero-order chi connectivity index (χ0) is 12.1. The van der Waals surface area contributed by atoms with Gasteiger partial charge in [0.25, 0.3) is 0 Å². The van der Waals surface area contributed by atoms with Crippen molar-refractivity contribution in [2.24, 2.45) is 7.05 Å². The molecule has 17 heavy (non-hydrogen) atoms. The van der Waals surface area contributed by atoms with Gasteiger partial charge < -0.3 is 4.74 Å². The predicted octanol–water partition coefficient (Wildman–Crippen LogP) is 1.20. The van der Waals surface area contributed by atoms with Crippen molar-refractivity contribution in [3.8, 4) is 5.75 Å². The number of imidazole rings is 1. The number of nitrogens with zero attached hydrogens (tertiary/aromatic N) is 2. The van der Waals surface area contributed by atoms with E-state index in [9.17, 15) is 4.79 Å². The minimum atomic E-state index is 0.606. The van der Waals surface area contributed by atoms with E-state index in [4.69, 9.17) is 4.74 Å². The average molecular weight is 231 g/mol. The van der Waals surface area contributed by atoms with Gasteiger partial charge in [-0.25, -0.2) is 9.13 Å². The van der Waals surface area contributed by atoms with E-state index >= 15 is 0 Å². The first kappa shape index (κ1) is 11.4. The maximum atomic E-state index is 10.5. The van der Waals surface area contributed by atoms with Crippen molar-refractivity contribution in [2.45, 2.75) is 6.54 Å². The van der Waals surface area contributed by atoms with Crippen molar-refractivity contribution in [2.75, 3.05) is 6.61 Å². The molecule has 4 heteroatoms. The minimum absolute atomic E-state index is 0.606. The third kappa shape index (κ3) is 3.17. The highest BCUT2D eigenvalue weighted by atomic mass is 16.5. The van der Waals surface area contributed by atoms with E-state index in [0.717, 1.165) is 18.6 Å². The number of hydrogen-bond acceptors (Lipinski definition) is 2. The fourth-order valence-corrected chi connectivity index (χ4v) is 1.55. The summed E-state index contributed by atoms with van der Waals surface area (Å²) in [6.07, 6.45) is 6.81. The molecule has 0 fully saturated rings. The summed E-state index contributed by atoms with van der Waals surface area (Å²) in [5.74, 6) is 0.784. The van der Waals surface area contributed by atoms with E-state index in [1.165, 1.54) is 0 Å². The van der Waals surface area contributed by atoms with Gasteiger partial charge in [0.1, 0.15) is 37.6 Å². The number of carbonyl (C=O) groups is 1. The number of carbonyl (C=O) groups excluding carboxylic acids is 1. The molecule has 2 aromatic rings. The molecule has 0 amide bonds. The lowest BCUT2D eigenvalue weighted by atomic mass is 10.2. The fourth-order valence-electron chi connectivity index (χ4n) is 1.55. The Balaban J connectivity index is 1.83. The fraction of sp³-hybridized carbons (Fsp3) is 0.231. The van der Waals surface area contributed by atoms with Gasteiger partial charge in [-0.05, 0) is 24.3 Å². The second-order valence-electron chi connectivity index (χ2n) is 3.85. The number of aldehydes is 1. The van der Waals surface area contributed by atoms with E-state index in [1.54, 1.807) is 24.3 Å². The molecule has 0 saturated carbocycles. The van der Waals surface area contributed by atoms with Crippen LogP contribution in [0.25, 0.3) is 0 Å². The lowest BCUT2D eigenvalue weighted by molar-refractivity contribution is -0.671. The molecule has 2 rings (SSSR count). The normalized spacial score (nSPS) is 10.2. The number of aryl methyl sites for hydroxylation is 1. The zero-order valence-corrected chi connectivity index (χ0v) is 9.74. The molecule has 1 heterocycles. The molecule has 0 aliphatic rings. The van der Waals surface area contributed by atoms with E-state index < -0.39 is 0 Å². The third-order valence-electron chi connectivity index (χ3n) is 2.46. The number of benzene rings is 1. The van der Waals surface area contributed by atoms with E-state index in [1.807, 2.05) is 30.3 Å². The summed E-state index contributed by atoms with van der Waals surface area (Å²) >= 11 is 0. The third-order valence-corrected chi connectivity index (χ3v) is 2.46. The highest BCUT2D eigenvalue weighted by molar-refractivity contribution is 5.74. The van der Waals surface area contributed by atoms with Crippen LogP contribution in [0.3, 0.4) is 0 Å². The van der Waals surface area contributed by atoms with Crippen LogP contribution in [0.4, 0.5) is 0 Å². The molecular formula is C13H15N2O2+. The monoisotopic (exact) mass is 231 g/mol. The number of rotatable bonds is 5. The van der Waals surface area contributed by atoms with Gasteiger partial charge in [0.15, 0.2) is 0 Å². The van der Waals surface area contributed by atoms with Crippen molar-refractivity contribution in [3.63, 3.8) is 0 Å². The van der Waals surface area contributed by atoms with Crippen LogP contribution in [0.15, 0.2) is 43.0 Å². The highest BCUT2D eigenvalue weighted by Gasteiger charge is 2.00. The summed E-state index contributed by atoms with van der Waals surface area (Å²) < 4.78 is 9.61. The number of hydrogen-bond donors (Lipinski definition) is 0. The molecule has 0 radical (unpaired) electrons. The van der Waals surface area contributed by atoms with Crippen molar-refractivity contribution in [1.82, 2.24) is 4.57 Å². The number of ether oxygens (including phenoxy) is 1. The SMILES string of the molecule is C[n+]1ccn(CCOc2ccc(C=O)cc2)c1. The van der Waals surface area contributed by atoms with Gasteiger partial charge in [-0.2, -0.15) is 0 Å². The van der Waals surface area contributed by atoms with Crippen molar-refractivity contribution in [3.05, 3.63) is 48.5 Å². The molecule has 1 aromatic heterocycles. The van der Waals surface area contributed by atoms with Crippen LogP contribution in [-0.2, 0) is 13.6 Å². The van der Waals surface area contributed by atoms with E-state index in [0.29, 0.717) is 12.2 Å². The molecule has 88 valence electrons. The van der Waals surface area contributed by atoms with Gasteiger partial charge in [0, 0.05) is 5.56 Å². The van der Waals surface area contributed by atoms with Gasteiger partial charge in [-0.3, -0.25) is 4.79 Å². The van der Waals surface area contributed by atoms with Gasteiger partial charge >= 0.3 is 0 Å². The molecule has 0 saturated heterocycles. The maximum Gasteiger partial charge on any atom is 0.243 e. The standard InChI is InChI=1S/C13H15N2O2/c1-14-6-7-15(11-14)8-9-17-13-4-2-12(10-16)3-5-13/h2-7,10-11H,8-9H2,1H3/q+1. The molecule has 0 unspecified atom stereocenters. The van der Waals surface area contributed by atoms with E-state index in [2.05, 4.69) is 4.57 Å². The number of aromatic nitrogens is 2. The Bertz CT molecular complexity index is 488. The summed E-state index contributed by atoms with van der Waals surface area (Å²) in [4.78, 5) is 10.5. The molecule has 0 N–H and O–H groups in total. The topological polar surface area (TPSA) is 35.1 Å². The first-order valence-electron chi connectivity index (χ1n) is 5.47. The summed E-state index contributed by atoms with van der Waals surface area (Å²) in [5.41, 5.74) is 0.662. The molecule has 1 aromatic carbocycles. The summed E-state index contributed by atoms with van der Waals surface area (Å²) in [5, 5.41) is 0. The second-order valence-corrected chi connectivity index (χ2v) is 3.85. The molecule has 0 atom stereocenters. The first-order valence-corrected chi connectivity index (χ1v) is 5.47. The Labute approximate surface area is 100 Å². The predicted molar refractivity (Wildman–Crippen MR) is 62.9 cm³/mol. The molecular weight excluding hydrogens is 216 g/mol. The Morgan fingerprint density at radius 2 is 2.12 bits per heavy atom. The zero-order valence-electron chi connectivity index (χ0n) is 9.74. The Morgan fingerprint density at radius 1 is 1.35 bits per heavy atom. The van der Waals surface area contributed by atoms with Crippen LogP contribution in [0, 0.1) is 0 Å². The Morgan fingerprint density at radius 3 is 2.71 bits per heavy atom. The maximum absolute atomic E-state index is 10.5. The van der Waals surface area contributed by atoms with Crippen LogP contribution in [0.1, 0.15) is 10.4 Å². The van der Waals surface area contributed by atoms with Gasteiger partial charge in [0.2, 0.25) is 6.33 Å². The molecule has 0 spiro atoms. The van der Waals surface area contributed by atoms with Crippen molar-refractivity contribution in [1.29, 1.82) is 0 Å². The first-order chi connectivity index (χ1) is 8.28. The Kier molecular flexibility index (Phi) is 3.55. The molecule has 0 bridgehead atoms. The van der Waals surface area contributed by atoms with Gasteiger partial charge in [0.05, 0.1) is 7.05 Å².